The van der Waals surface area contributed by atoms with E-state index in [-0.39, 0.29) is 0 Å². The molecule has 0 aromatic heterocycles. The lowest BCUT2D eigenvalue weighted by molar-refractivity contribution is 0.776. The topological polar surface area (TPSA) is 12.0 Å². The molecular formula is C8H13N. The fraction of sp³-hybridized carbons (Fsp3) is 0.500. The summed E-state index contributed by atoms with van der Waals surface area (Å²) in [5.74, 6) is 2.47. The third-order valence-corrected chi connectivity index (χ3v) is 0.984. The van der Waals surface area contributed by atoms with E-state index in [1.165, 1.54) is 5.57 Å². The summed E-state index contributed by atoms with van der Waals surface area (Å²) in [5.41, 5.74) is 1.21. The van der Waals surface area contributed by atoms with E-state index < -0.39 is 0 Å². The van der Waals surface area contributed by atoms with Crippen LogP contribution in [-0.2, 0) is 0 Å². The summed E-state index contributed by atoms with van der Waals surface area (Å²) in [4.78, 5) is 0. The van der Waals surface area contributed by atoms with Crippen LogP contribution in [0.3, 0.4) is 0 Å². The van der Waals surface area contributed by atoms with Crippen molar-refractivity contribution in [3.63, 3.8) is 0 Å². The van der Waals surface area contributed by atoms with Crippen LogP contribution in [0.4, 0.5) is 0 Å². The Morgan fingerprint density at radius 2 is 2.44 bits per heavy atom. The van der Waals surface area contributed by atoms with Gasteiger partial charge in [-0.25, -0.2) is 0 Å². The van der Waals surface area contributed by atoms with Gasteiger partial charge >= 0.3 is 0 Å². The fourth-order valence-corrected chi connectivity index (χ4v) is 0.515. The van der Waals surface area contributed by atoms with Crippen LogP contribution in [0.5, 0.6) is 0 Å². The van der Waals surface area contributed by atoms with Crippen molar-refractivity contribution in [1.29, 1.82) is 0 Å². The van der Waals surface area contributed by atoms with Gasteiger partial charge in [-0.3, -0.25) is 0 Å². The first-order valence-electron chi connectivity index (χ1n) is 3.13. The third kappa shape index (κ3) is 5.13. The van der Waals surface area contributed by atoms with Crippen LogP contribution in [0.2, 0.25) is 0 Å². The third-order valence-electron chi connectivity index (χ3n) is 0.984. The number of hydrogen-bond donors (Lipinski definition) is 1. The molecule has 0 aliphatic carbocycles. The lowest BCUT2D eigenvalue weighted by Crippen LogP contribution is -2.14. The van der Waals surface area contributed by atoms with E-state index in [0.717, 1.165) is 13.1 Å². The molecule has 0 saturated heterocycles. The zero-order valence-corrected chi connectivity index (χ0v) is 6.07. The molecule has 0 aromatic rings. The summed E-state index contributed by atoms with van der Waals surface area (Å²) < 4.78 is 0. The molecule has 0 rings (SSSR count). The van der Waals surface area contributed by atoms with Gasteiger partial charge in [0.05, 0.1) is 0 Å². The molecule has 0 unspecified atom stereocenters. The minimum atomic E-state index is 0.903. The second kappa shape index (κ2) is 5.40. The molecule has 0 spiro atoms. The molecule has 0 amide bonds. The Morgan fingerprint density at radius 3 is 2.89 bits per heavy atom. The lowest BCUT2D eigenvalue weighted by Gasteiger charge is -1.97. The van der Waals surface area contributed by atoms with Gasteiger partial charge in [-0.2, -0.15) is 0 Å². The predicted octanol–water partition coefficient (Wildman–Crippen LogP) is 1.18. The molecule has 1 nitrogen and oxygen atoms in total. The Hall–Kier alpha value is -0.740. The molecule has 0 heterocycles. The Bertz CT molecular complexity index is 128. The minimum absolute atomic E-state index is 0.903. The van der Waals surface area contributed by atoms with Crippen molar-refractivity contribution in [2.24, 2.45) is 0 Å². The monoisotopic (exact) mass is 123 g/mol. The smallest absolute Gasteiger partial charge is 0.0171 e. The fourth-order valence-electron chi connectivity index (χ4n) is 0.515. The molecule has 9 heavy (non-hydrogen) atoms. The number of likely N-dealkylation sites (N-methyl/N-ethyl adjacent to an activating group) is 1. The standard InChI is InChI=1S/C8H13N/c1-4-6-8(3)7-9-5-2/h1,6,9H,5,7H2,2-3H3/b8-6+. The van der Waals surface area contributed by atoms with Gasteiger partial charge in [0.2, 0.25) is 0 Å². The van der Waals surface area contributed by atoms with Crippen molar-refractivity contribution in [2.75, 3.05) is 13.1 Å². The van der Waals surface area contributed by atoms with Gasteiger partial charge in [-0.15, -0.1) is 6.42 Å². The highest BCUT2D eigenvalue weighted by atomic mass is 14.8. The molecule has 0 radical (unpaired) electrons. The number of hydrogen-bond acceptors (Lipinski definition) is 1. The first kappa shape index (κ1) is 8.26. The largest absolute Gasteiger partial charge is 0.313 e. The molecule has 0 bridgehead atoms. The van der Waals surface area contributed by atoms with Crippen LogP contribution in [0.15, 0.2) is 11.6 Å². The summed E-state index contributed by atoms with van der Waals surface area (Å²) in [6.07, 6.45) is 6.83. The van der Waals surface area contributed by atoms with Crippen molar-refractivity contribution in [3.05, 3.63) is 11.6 Å². The summed E-state index contributed by atoms with van der Waals surface area (Å²) in [6.45, 7) is 5.99. The van der Waals surface area contributed by atoms with Crippen LogP contribution in [-0.4, -0.2) is 13.1 Å². The summed E-state index contributed by atoms with van der Waals surface area (Å²) in [7, 11) is 0. The number of nitrogens with one attached hydrogen (secondary N) is 1. The van der Waals surface area contributed by atoms with Crippen molar-refractivity contribution in [3.8, 4) is 12.3 Å². The highest BCUT2D eigenvalue weighted by Crippen LogP contribution is 1.86. The first-order valence-corrected chi connectivity index (χ1v) is 3.13. The van der Waals surface area contributed by atoms with Gasteiger partial charge in [0.25, 0.3) is 0 Å². The van der Waals surface area contributed by atoms with Gasteiger partial charge in [-0.1, -0.05) is 18.4 Å². The van der Waals surface area contributed by atoms with E-state index in [4.69, 9.17) is 6.42 Å². The van der Waals surface area contributed by atoms with E-state index in [9.17, 15) is 0 Å². The van der Waals surface area contributed by atoms with Crippen molar-refractivity contribution < 1.29 is 0 Å². The predicted molar refractivity (Wildman–Crippen MR) is 41.1 cm³/mol. The number of terminal acetylenes is 1. The maximum atomic E-state index is 5.05. The highest BCUT2D eigenvalue weighted by Gasteiger charge is 1.82. The van der Waals surface area contributed by atoms with E-state index in [0.29, 0.717) is 0 Å². The van der Waals surface area contributed by atoms with Gasteiger partial charge in [0, 0.05) is 6.54 Å². The van der Waals surface area contributed by atoms with Gasteiger partial charge in [-0.05, 0) is 19.5 Å². The molecule has 0 atom stereocenters. The van der Waals surface area contributed by atoms with E-state index in [1.54, 1.807) is 6.08 Å². The molecule has 1 N–H and O–H groups in total. The Morgan fingerprint density at radius 1 is 1.78 bits per heavy atom. The van der Waals surface area contributed by atoms with E-state index in [2.05, 4.69) is 18.2 Å². The quantitative estimate of drug-likeness (QED) is 0.555. The van der Waals surface area contributed by atoms with Crippen molar-refractivity contribution in [1.82, 2.24) is 5.32 Å². The van der Waals surface area contributed by atoms with Crippen molar-refractivity contribution >= 4 is 0 Å². The van der Waals surface area contributed by atoms with E-state index in [1.807, 2.05) is 6.92 Å². The molecule has 1 heteroatoms. The lowest BCUT2D eigenvalue weighted by atomic mass is 10.3. The highest BCUT2D eigenvalue weighted by molar-refractivity contribution is 5.16. The molecule has 0 aromatic carbocycles. The van der Waals surface area contributed by atoms with Gasteiger partial charge in [0.1, 0.15) is 0 Å². The van der Waals surface area contributed by atoms with Crippen LogP contribution in [0.1, 0.15) is 13.8 Å². The van der Waals surface area contributed by atoms with Gasteiger partial charge in [0.15, 0.2) is 0 Å². The van der Waals surface area contributed by atoms with Crippen LogP contribution in [0, 0.1) is 12.3 Å². The average molecular weight is 123 g/mol. The van der Waals surface area contributed by atoms with Crippen LogP contribution < -0.4 is 5.32 Å². The van der Waals surface area contributed by atoms with Crippen molar-refractivity contribution in [2.45, 2.75) is 13.8 Å². The second-order valence-corrected chi connectivity index (χ2v) is 1.94. The zero-order valence-electron chi connectivity index (χ0n) is 6.07. The Balaban J connectivity index is 3.40. The molecule has 0 fully saturated rings. The summed E-state index contributed by atoms with van der Waals surface area (Å²) in [5, 5.41) is 3.17. The maximum absolute atomic E-state index is 5.05. The SMILES string of the molecule is C#C/C=C(\C)CNCC. The molecule has 50 valence electrons. The molecule has 0 aliphatic rings. The van der Waals surface area contributed by atoms with E-state index >= 15 is 0 Å². The minimum Gasteiger partial charge on any atom is -0.313 e. The normalized spacial score (nSPS) is 11.0. The maximum Gasteiger partial charge on any atom is 0.0171 e. The Kier molecular flexibility index (Phi) is 4.95. The average Bonchev–Trinajstić information content (AvgIpc) is 1.85. The van der Waals surface area contributed by atoms with Gasteiger partial charge < -0.3 is 5.32 Å². The Labute approximate surface area is 57.2 Å². The van der Waals surface area contributed by atoms with Crippen LogP contribution >= 0.6 is 0 Å². The number of rotatable bonds is 3. The summed E-state index contributed by atoms with van der Waals surface area (Å²) in [6, 6.07) is 0. The first-order chi connectivity index (χ1) is 4.31. The molecule has 0 aliphatic heterocycles. The molecule has 0 saturated carbocycles. The van der Waals surface area contributed by atoms with Crippen LogP contribution in [0.25, 0.3) is 0 Å². The number of allylic oxidation sites excluding steroid dienone is 1. The summed E-state index contributed by atoms with van der Waals surface area (Å²) >= 11 is 0. The second-order valence-electron chi connectivity index (χ2n) is 1.94. The molecular weight excluding hydrogens is 110 g/mol. The zero-order chi connectivity index (χ0) is 7.11.